The van der Waals surface area contributed by atoms with E-state index in [0.29, 0.717) is 43.4 Å². The number of aliphatic hydroxyl groups excluding tert-OH is 1. The first-order valence-electron chi connectivity index (χ1n) is 17.6. The Morgan fingerprint density at radius 3 is 2.42 bits per heavy atom. The molecule has 2 aromatic rings. The molecule has 7 rings (SSSR count). The van der Waals surface area contributed by atoms with E-state index in [9.17, 15) is 29.1 Å². The van der Waals surface area contributed by atoms with E-state index < -0.39 is 59.6 Å². The number of ether oxygens (including phenoxy) is 5. The first kappa shape index (κ1) is 35.5. The summed E-state index contributed by atoms with van der Waals surface area (Å²) >= 11 is 0. The number of carbonyl (C=O) groups excluding carboxylic acids is 5. The lowest BCUT2D eigenvalue weighted by Crippen LogP contribution is -2.49. The van der Waals surface area contributed by atoms with Gasteiger partial charge in [-0.15, -0.1) is 0 Å². The number of esters is 3. The van der Waals surface area contributed by atoms with Crippen molar-refractivity contribution in [3.63, 3.8) is 0 Å². The molecule has 3 saturated heterocycles. The van der Waals surface area contributed by atoms with E-state index in [-0.39, 0.29) is 43.6 Å². The van der Waals surface area contributed by atoms with Gasteiger partial charge >= 0.3 is 17.9 Å². The van der Waals surface area contributed by atoms with Crippen molar-refractivity contribution in [1.29, 1.82) is 0 Å². The number of likely N-dealkylation sites (tertiary alicyclic amines) is 1. The van der Waals surface area contributed by atoms with Crippen LogP contribution in [0.3, 0.4) is 0 Å². The molecule has 3 fully saturated rings. The van der Waals surface area contributed by atoms with E-state index in [0.717, 1.165) is 11.1 Å². The quantitative estimate of drug-likeness (QED) is 0.223. The van der Waals surface area contributed by atoms with Gasteiger partial charge < -0.3 is 39.0 Å². The molecule has 5 unspecified atom stereocenters. The van der Waals surface area contributed by atoms with Crippen LogP contribution in [-0.2, 0) is 55.7 Å². The van der Waals surface area contributed by atoms with E-state index in [1.54, 1.807) is 44.2 Å². The van der Waals surface area contributed by atoms with Gasteiger partial charge in [-0.2, -0.15) is 0 Å². The van der Waals surface area contributed by atoms with Crippen molar-refractivity contribution in [2.75, 3.05) is 26.3 Å². The minimum Gasteiger partial charge on any atom is -0.462 e. The van der Waals surface area contributed by atoms with Gasteiger partial charge in [-0.25, -0.2) is 14.4 Å². The molecule has 274 valence electrons. The molecular weight excluding hydrogens is 672 g/mol. The Bertz CT molecular complexity index is 1790. The van der Waals surface area contributed by atoms with Crippen LogP contribution in [-0.4, -0.2) is 102 Å². The maximum Gasteiger partial charge on any atom is 0.348 e. The minimum absolute atomic E-state index is 0.0634. The van der Waals surface area contributed by atoms with Crippen LogP contribution in [0.4, 0.5) is 0 Å². The lowest BCUT2D eigenvalue weighted by molar-refractivity contribution is -0.172. The average Bonchev–Trinajstić information content (AvgIpc) is 3.91. The highest BCUT2D eigenvalue weighted by Gasteiger charge is 2.55. The molecule has 5 atom stereocenters. The number of fused-ring (bicyclic) bond motifs is 2. The number of nitrogens with one attached hydrogen (secondary N) is 1. The molecule has 13 heteroatoms. The third-order valence-electron chi connectivity index (χ3n) is 10.3. The number of hydrogen-bond donors (Lipinski definition) is 2. The molecule has 52 heavy (non-hydrogen) atoms. The SMILES string of the molecule is CC1(C)COC(=O)C1OC(=O)C=Cc1ccc(C(=O)OC2CC(C(=O)N3CCCC3C(=O)NCCO)=CC3OC4(Cc5ccccc5C4)OC32)cc1. The van der Waals surface area contributed by atoms with E-state index in [4.69, 9.17) is 23.7 Å². The first-order valence-corrected chi connectivity index (χ1v) is 17.6. The fourth-order valence-electron chi connectivity index (χ4n) is 7.61. The molecule has 5 aliphatic rings. The molecule has 3 heterocycles. The van der Waals surface area contributed by atoms with Gasteiger partial charge in [0.1, 0.15) is 31.0 Å². The molecule has 0 radical (unpaired) electrons. The summed E-state index contributed by atoms with van der Waals surface area (Å²) < 4.78 is 29.6. The number of carbonyl (C=O) groups is 5. The summed E-state index contributed by atoms with van der Waals surface area (Å²) in [5, 5.41) is 11.8. The summed E-state index contributed by atoms with van der Waals surface area (Å²) in [6.07, 6.45) is 3.50. The van der Waals surface area contributed by atoms with E-state index in [2.05, 4.69) is 5.32 Å². The van der Waals surface area contributed by atoms with Crippen molar-refractivity contribution in [2.24, 2.45) is 5.41 Å². The van der Waals surface area contributed by atoms with Gasteiger partial charge in [0.15, 0.2) is 5.79 Å². The van der Waals surface area contributed by atoms with Gasteiger partial charge in [0.05, 0.1) is 12.2 Å². The fourth-order valence-corrected chi connectivity index (χ4v) is 7.61. The topological polar surface area (TPSA) is 167 Å². The van der Waals surface area contributed by atoms with Crippen molar-refractivity contribution in [2.45, 2.75) is 82.2 Å². The van der Waals surface area contributed by atoms with Crippen molar-refractivity contribution in [3.05, 3.63) is 88.5 Å². The number of hydrogen-bond acceptors (Lipinski definition) is 11. The summed E-state index contributed by atoms with van der Waals surface area (Å²) in [5.74, 6) is -3.52. The predicted octanol–water partition coefficient (Wildman–Crippen LogP) is 2.43. The van der Waals surface area contributed by atoms with Gasteiger partial charge in [0, 0.05) is 49.4 Å². The minimum atomic E-state index is -0.992. The lowest BCUT2D eigenvalue weighted by Gasteiger charge is -2.32. The summed E-state index contributed by atoms with van der Waals surface area (Å²) in [4.78, 5) is 66.4. The lowest BCUT2D eigenvalue weighted by atomic mass is 9.90. The summed E-state index contributed by atoms with van der Waals surface area (Å²) in [6.45, 7) is 4.01. The average molecular weight is 715 g/mol. The molecule has 2 aromatic carbocycles. The van der Waals surface area contributed by atoms with Crippen molar-refractivity contribution < 1.29 is 52.8 Å². The Kier molecular flexibility index (Phi) is 9.77. The third-order valence-corrected chi connectivity index (χ3v) is 10.3. The highest BCUT2D eigenvalue weighted by molar-refractivity contribution is 5.98. The Labute approximate surface area is 300 Å². The van der Waals surface area contributed by atoms with Gasteiger partial charge in [-0.3, -0.25) is 9.59 Å². The Morgan fingerprint density at radius 1 is 1.02 bits per heavy atom. The van der Waals surface area contributed by atoms with Gasteiger partial charge in [0.2, 0.25) is 17.9 Å². The molecule has 1 spiro atoms. The Hall–Kier alpha value is -4.85. The monoisotopic (exact) mass is 714 g/mol. The van der Waals surface area contributed by atoms with Gasteiger partial charge in [-0.05, 0) is 53.8 Å². The molecule has 3 aliphatic heterocycles. The van der Waals surface area contributed by atoms with Crippen LogP contribution in [0, 0.1) is 5.41 Å². The second-order valence-corrected chi connectivity index (χ2v) is 14.6. The zero-order valence-electron chi connectivity index (χ0n) is 29.1. The summed E-state index contributed by atoms with van der Waals surface area (Å²) in [5.41, 5.74) is 2.81. The van der Waals surface area contributed by atoms with Crippen LogP contribution >= 0.6 is 0 Å². The highest BCUT2D eigenvalue weighted by atomic mass is 16.8. The largest absolute Gasteiger partial charge is 0.462 e. The van der Waals surface area contributed by atoms with E-state index in [1.165, 1.54) is 17.1 Å². The van der Waals surface area contributed by atoms with Crippen LogP contribution in [0.25, 0.3) is 6.08 Å². The molecular formula is C39H42N2O11. The Balaban J connectivity index is 1.06. The second-order valence-electron chi connectivity index (χ2n) is 14.6. The normalized spacial score (nSPS) is 26.8. The molecule has 0 bridgehead atoms. The van der Waals surface area contributed by atoms with Crippen LogP contribution in [0.5, 0.6) is 0 Å². The van der Waals surface area contributed by atoms with Crippen LogP contribution < -0.4 is 5.32 Å². The number of benzene rings is 2. The molecule has 2 aliphatic carbocycles. The molecule has 13 nitrogen and oxygen atoms in total. The van der Waals surface area contributed by atoms with Crippen molar-refractivity contribution >= 4 is 35.8 Å². The Morgan fingerprint density at radius 2 is 1.75 bits per heavy atom. The first-order chi connectivity index (χ1) is 24.9. The molecule has 2 amide bonds. The maximum absolute atomic E-state index is 14.0. The second kappa shape index (κ2) is 14.3. The number of rotatable bonds is 9. The fraction of sp³-hybridized carbons (Fsp3) is 0.462. The summed E-state index contributed by atoms with van der Waals surface area (Å²) in [6, 6.07) is 13.7. The summed E-state index contributed by atoms with van der Waals surface area (Å²) in [7, 11) is 0. The zero-order valence-corrected chi connectivity index (χ0v) is 29.1. The molecule has 0 aromatic heterocycles. The van der Waals surface area contributed by atoms with Crippen LogP contribution in [0.15, 0.2) is 66.3 Å². The number of amides is 2. The third kappa shape index (κ3) is 7.12. The highest BCUT2D eigenvalue weighted by Crippen LogP contribution is 2.45. The standard InChI is InChI=1S/C39H42N2O11/c1-38(2)22-48-37(47)33(38)50-31(43)14-11-23-9-12-24(13-10-23)36(46)49-29-18-27(35(45)41-16-5-8-28(41)34(44)40-15-17-42)19-30-32(29)52-39(51-30)20-25-6-3-4-7-26(25)21-39/h3-4,6-7,9-14,19,28-30,32-33,42H,5,8,15-18,20-22H2,1-2H3,(H,40,44). The van der Waals surface area contributed by atoms with Gasteiger partial charge in [0.25, 0.3) is 0 Å². The predicted molar refractivity (Wildman–Crippen MR) is 183 cm³/mol. The van der Waals surface area contributed by atoms with E-state index >= 15 is 0 Å². The van der Waals surface area contributed by atoms with Crippen LogP contribution in [0.2, 0.25) is 0 Å². The molecule has 2 N–H and O–H groups in total. The van der Waals surface area contributed by atoms with Crippen molar-refractivity contribution in [1.82, 2.24) is 10.2 Å². The van der Waals surface area contributed by atoms with Crippen LogP contribution in [0.1, 0.15) is 60.2 Å². The van der Waals surface area contributed by atoms with Crippen molar-refractivity contribution in [3.8, 4) is 0 Å². The maximum atomic E-state index is 14.0. The number of nitrogens with zero attached hydrogens (tertiary/aromatic N) is 1. The molecule has 0 saturated carbocycles. The zero-order chi connectivity index (χ0) is 36.6. The smallest absolute Gasteiger partial charge is 0.348 e. The van der Waals surface area contributed by atoms with Gasteiger partial charge in [-0.1, -0.05) is 50.2 Å². The number of aliphatic hydroxyl groups is 1. The van der Waals surface area contributed by atoms with E-state index in [1.807, 2.05) is 24.3 Å². The number of cyclic esters (lactones) is 1.